The van der Waals surface area contributed by atoms with Crippen LogP contribution in [-0.4, -0.2) is 16.1 Å². The van der Waals surface area contributed by atoms with Gasteiger partial charge < -0.3 is 9.88 Å². The summed E-state index contributed by atoms with van der Waals surface area (Å²) in [5.74, 6) is 0.695. The second-order valence-corrected chi connectivity index (χ2v) is 4.04. The molecule has 1 rings (SSSR count). The lowest BCUT2D eigenvalue weighted by Gasteiger charge is -2.26. The monoisotopic (exact) mass is 209 g/mol. The molecule has 0 radical (unpaired) electrons. The molecule has 0 saturated carbocycles. The average molecular weight is 209 g/mol. The Hall–Kier alpha value is -0.830. The lowest BCUT2D eigenvalue weighted by Crippen LogP contribution is -2.29. The summed E-state index contributed by atoms with van der Waals surface area (Å²) in [6, 6.07) is 0.442. The predicted molar refractivity (Wildman–Crippen MR) is 63.7 cm³/mol. The Labute approximate surface area is 92.9 Å². The highest BCUT2D eigenvalue weighted by Crippen LogP contribution is 2.26. The van der Waals surface area contributed by atoms with Gasteiger partial charge in [0.05, 0.1) is 18.1 Å². The van der Waals surface area contributed by atoms with Gasteiger partial charge in [-0.1, -0.05) is 33.6 Å². The topological polar surface area (TPSA) is 29.9 Å². The van der Waals surface area contributed by atoms with Crippen molar-refractivity contribution in [1.82, 2.24) is 14.9 Å². The third-order valence-corrected chi connectivity index (χ3v) is 3.12. The van der Waals surface area contributed by atoms with Crippen LogP contribution in [0.25, 0.3) is 0 Å². The Kier molecular flexibility index (Phi) is 4.82. The van der Waals surface area contributed by atoms with Crippen molar-refractivity contribution in [1.29, 1.82) is 0 Å². The molecule has 3 heteroatoms. The third kappa shape index (κ3) is 2.81. The molecule has 15 heavy (non-hydrogen) atoms. The molecule has 0 aromatic carbocycles. The Bertz CT molecular complexity index is 276. The lowest BCUT2D eigenvalue weighted by atomic mass is 9.92. The first-order chi connectivity index (χ1) is 7.24. The highest BCUT2D eigenvalue weighted by molar-refractivity contribution is 5.06. The van der Waals surface area contributed by atoms with Crippen LogP contribution in [0, 0.1) is 5.92 Å². The van der Waals surface area contributed by atoms with E-state index in [1.807, 2.05) is 12.5 Å². The van der Waals surface area contributed by atoms with Crippen LogP contribution in [0.5, 0.6) is 0 Å². The van der Waals surface area contributed by atoms with Crippen molar-refractivity contribution in [2.45, 2.75) is 39.7 Å². The first-order valence-corrected chi connectivity index (χ1v) is 5.94. The highest BCUT2D eigenvalue weighted by Gasteiger charge is 2.21. The maximum atomic E-state index is 4.20. The van der Waals surface area contributed by atoms with Gasteiger partial charge in [-0.2, -0.15) is 0 Å². The van der Waals surface area contributed by atoms with E-state index in [0.717, 1.165) is 6.54 Å². The van der Waals surface area contributed by atoms with Crippen LogP contribution in [-0.2, 0) is 7.05 Å². The smallest absolute Gasteiger partial charge is 0.0946 e. The zero-order valence-electron chi connectivity index (χ0n) is 10.3. The van der Waals surface area contributed by atoms with E-state index in [2.05, 4.69) is 42.7 Å². The molecule has 1 aromatic heterocycles. The summed E-state index contributed by atoms with van der Waals surface area (Å²) in [5, 5.41) is 3.57. The van der Waals surface area contributed by atoms with E-state index in [0.29, 0.717) is 12.0 Å². The number of aryl methyl sites for hydroxylation is 1. The van der Waals surface area contributed by atoms with Crippen LogP contribution in [0.2, 0.25) is 0 Å². The van der Waals surface area contributed by atoms with E-state index < -0.39 is 0 Å². The van der Waals surface area contributed by atoms with Gasteiger partial charge in [0, 0.05) is 13.2 Å². The molecule has 3 nitrogen and oxygen atoms in total. The summed E-state index contributed by atoms with van der Waals surface area (Å²) in [5.41, 5.74) is 1.30. The molecule has 0 saturated heterocycles. The molecular weight excluding hydrogens is 186 g/mol. The number of hydrogen-bond donors (Lipinski definition) is 1. The minimum atomic E-state index is 0.442. The molecule has 1 aromatic rings. The normalized spacial score (nSPS) is 13.4. The van der Waals surface area contributed by atoms with Gasteiger partial charge in [0.2, 0.25) is 0 Å². The molecule has 1 unspecified atom stereocenters. The molecule has 86 valence electrons. The fourth-order valence-electron chi connectivity index (χ4n) is 2.16. The van der Waals surface area contributed by atoms with Gasteiger partial charge in [0.25, 0.3) is 0 Å². The molecule has 0 bridgehead atoms. The van der Waals surface area contributed by atoms with E-state index >= 15 is 0 Å². The molecule has 1 N–H and O–H groups in total. The van der Waals surface area contributed by atoms with Gasteiger partial charge in [0.15, 0.2) is 0 Å². The maximum Gasteiger partial charge on any atom is 0.0946 e. The van der Waals surface area contributed by atoms with Crippen LogP contribution in [0.1, 0.15) is 45.3 Å². The molecule has 0 amide bonds. The van der Waals surface area contributed by atoms with Crippen molar-refractivity contribution in [3.63, 3.8) is 0 Å². The van der Waals surface area contributed by atoms with Gasteiger partial charge in [-0.25, -0.2) is 4.98 Å². The van der Waals surface area contributed by atoms with Gasteiger partial charge >= 0.3 is 0 Å². The van der Waals surface area contributed by atoms with Crippen LogP contribution in [0.3, 0.4) is 0 Å². The van der Waals surface area contributed by atoms with Gasteiger partial charge in [-0.3, -0.25) is 0 Å². The van der Waals surface area contributed by atoms with E-state index in [1.54, 1.807) is 0 Å². The molecule has 1 heterocycles. The Balaban J connectivity index is 2.86. The van der Waals surface area contributed by atoms with Crippen molar-refractivity contribution in [3.8, 4) is 0 Å². The molecule has 0 aliphatic rings. The zero-order chi connectivity index (χ0) is 11.3. The largest absolute Gasteiger partial charge is 0.336 e. The van der Waals surface area contributed by atoms with Crippen molar-refractivity contribution >= 4 is 0 Å². The second-order valence-electron chi connectivity index (χ2n) is 4.04. The summed E-state index contributed by atoms with van der Waals surface area (Å²) in [6.45, 7) is 7.68. The summed E-state index contributed by atoms with van der Waals surface area (Å²) < 4.78 is 2.12. The number of rotatable bonds is 6. The van der Waals surface area contributed by atoms with Crippen molar-refractivity contribution < 1.29 is 0 Å². The molecule has 1 atom stereocenters. The van der Waals surface area contributed by atoms with Crippen LogP contribution in [0.4, 0.5) is 0 Å². The molecular formula is C12H23N3. The molecule has 0 aliphatic heterocycles. The Morgan fingerprint density at radius 3 is 2.40 bits per heavy atom. The average Bonchev–Trinajstić information content (AvgIpc) is 2.65. The van der Waals surface area contributed by atoms with E-state index in [4.69, 9.17) is 0 Å². The predicted octanol–water partition coefficient (Wildman–Crippen LogP) is 2.51. The van der Waals surface area contributed by atoms with Gasteiger partial charge in [-0.15, -0.1) is 0 Å². The number of nitrogens with one attached hydrogen (secondary N) is 1. The van der Waals surface area contributed by atoms with Gasteiger partial charge in [0.1, 0.15) is 0 Å². The first kappa shape index (κ1) is 12.2. The quantitative estimate of drug-likeness (QED) is 0.780. The van der Waals surface area contributed by atoms with Crippen LogP contribution in [0.15, 0.2) is 12.5 Å². The number of aromatic nitrogens is 2. The van der Waals surface area contributed by atoms with Crippen LogP contribution < -0.4 is 5.32 Å². The van der Waals surface area contributed by atoms with Crippen molar-refractivity contribution in [3.05, 3.63) is 18.2 Å². The molecule has 0 spiro atoms. The number of imidazole rings is 1. The standard InChI is InChI=1S/C12H23N3/c1-5-10(6-2)12(14-7-3)11-8-13-9-15(11)4/h8-10,12,14H,5-7H2,1-4H3. The fraction of sp³-hybridized carbons (Fsp3) is 0.750. The summed E-state index contributed by atoms with van der Waals surface area (Å²) in [4.78, 5) is 4.20. The van der Waals surface area contributed by atoms with E-state index in [-0.39, 0.29) is 0 Å². The highest BCUT2D eigenvalue weighted by atomic mass is 15.1. The van der Waals surface area contributed by atoms with Crippen LogP contribution >= 0.6 is 0 Å². The Morgan fingerprint density at radius 2 is 2.00 bits per heavy atom. The minimum Gasteiger partial charge on any atom is -0.336 e. The molecule has 0 aliphatic carbocycles. The number of nitrogens with zero attached hydrogens (tertiary/aromatic N) is 2. The SMILES string of the molecule is CCNC(c1cncn1C)C(CC)CC. The summed E-state index contributed by atoms with van der Waals surface area (Å²) in [6.07, 6.45) is 6.27. The van der Waals surface area contributed by atoms with Crippen molar-refractivity contribution in [2.75, 3.05) is 6.54 Å². The second kappa shape index (κ2) is 5.91. The van der Waals surface area contributed by atoms with E-state index in [9.17, 15) is 0 Å². The van der Waals surface area contributed by atoms with E-state index in [1.165, 1.54) is 18.5 Å². The van der Waals surface area contributed by atoms with Crippen molar-refractivity contribution in [2.24, 2.45) is 13.0 Å². The lowest BCUT2D eigenvalue weighted by molar-refractivity contribution is 0.335. The summed E-state index contributed by atoms with van der Waals surface area (Å²) in [7, 11) is 2.06. The first-order valence-electron chi connectivity index (χ1n) is 5.94. The minimum absolute atomic E-state index is 0.442. The third-order valence-electron chi connectivity index (χ3n) is 3.12. The Morgan fingerprint density at radius 1 is 1.33 bits per heavy atom. The zero-order valence-corrected chi connectivity index (χ0v) is 10.3. The number of hydrogen-bond acceptors (Lipinski definition) is 2. The molecule has 0 fully saturated rings. The van der Waals surface area contributed by atoms with Gasteiger partial charge in [-0.05, 0) is 12.5 Å². The summed E-state index contributed by atoms with van der Waals surface area (Å²) >= 11 is 0. The fourth-order valence-corrected chi connectivity index (χ4v) is 2.16. The maximum absolute atomic E-state index is 4.20.